The lowest BCUT2D eigenvalue weighted by Crippen LogP contribution is -2.52. The molecular formula is C13H22N2O2S. The molecule has 2 fully saturated rings. The first kappa shape index (κ1) is 13.7. The molecule has 1 heterocycles. The summed E-state index contributed by atoms with van der Waals surface area (Å²) in [6, 6.07) is 0. The summed E-state index contributed by atoms with van der Waals surface area (Å²) in [5, 5.41) is 3.07. The van der Waals surface area contributed by atoms with E-state index in [9.17, 15) is 4.79 Å². The molecule has 2 rings (SSSR count). The highest BCUT2D eigenvalue weighted by Gasteiger charge is 2.45. The lowest BCUT2D eigenvalue weighted by molar-refractivity contribution is -0.131. The fourth-order valence-corrected chi connectivity index (χ4v) is 2.87. The van der Waals surface area contributed by atoms with E-state index in [0.717, 1.165) is 13.0 Å². The van der Waals surface area contributed by atoms with E-state index in [1.165, 1.54) is 12.8 Å². The Morgan fingerprint density at radius 2 is 1.94 bits per heavy atom. The van der Waals surface area contributed by atoms with Crippen LogP contribution in [0.3, 0.4) is 0 Å². The topological polar surface area (TPSA) is 64.4 Å². The van der Waals surface area contributed by atoms with Gasteiger partial charge in [0.2, 0.25) is 5.91 Å². The standard InChI is InChI=1S/C13H22N2O2S/c1-2-12(3-4-12)9-15-11(16)13(10(14)18)5-7-17-8-6-13/h2-9H2,1H3,(H2,14,18)(H,15,16). The molecule has 3 N–H and O–H groups in total. The van der Waals surface area contributed by atoms with Crippen molar-refractivity contribution in [3.05, 3.63) is 0 Å². The minimum absolute atomic E-state index is 0.00183. The Morgan fingerprint density at radius 1 is 1.33 bits per heavy atom. The van der Waals surface area contributed by atoms with Crippen LogP contribution in [0.4, 0.5) is 0 Å². The van der Waals surface area contributed by atoms with E-state index < -0.39 is 5.41 Å². The van der Waals surface area contributed by atoms with Crippen molar-refractivity contribution in [3.63, 3.8) is 0 Å². The molecule has 1 amide bonds. The fourth-order valence-electron chi connectivity index (χ4n) is 2.57. The number of carbonyl (C=O) groups excluding carboxylic acids is 1. The molecule has 1 saturated heterocycles. The van der Waals surface area contributed by atoms with Crippen LogP contribution in [0.5, 0.6) is 0 Å². The summed E-state index contributed by atoms with van der Waals surface area (Å²) in [5.41, 5.74) is 5.47. The Balaban J connectivity index is 1.98. The summed E-state index contributed by atoms with van der Waals surface area (Å²) in [6.07, 6.45) is 4.76. The van der Waals surface area contributed by atoms with Gasteiger partial charge >= 0.3 is 0 Å². The van der Waals surface area contributed by atoms with Gasteiger partial charge in [-0.1, -0.05) is 19.1 Å². The Morgan fingerprint density at radius 3 is 2.39 bits per heavy atom. The molecule has 18 heavy (non-hydrogen) atoms. The molecule has 0 bridgehead atoms. The average molecular weight is 270 g/mol. The third-order valence-corrected chi connectivity index (χ3v) is 4.97. The number of carbonyl (C=O) groups is 1. The molecule has 102 valence electrons. The second kappa shape index (κ2) is 5.13. The Labute approximate surface area is 114 Å². The number of nitrogens with one attached hydrogen (secondary N) is 1. The van der Waals surface area contributed by atoms with E-state index in [-0.39, 0.29) is 5.91 Å². The zero-order valence-corrected chi connectivity index (χ0v) is 11.8. The molecule has 0 aromatic rings. The largest absolute Gasteiger partial charge is 0.392 e. The van der Waals surface area contributed by atoms with Crippen LogP contribution < -0.4 is 11.1 Å². The van der Waals surface area contributed by atoms with Crippen LogP contribution in [-0.2, 0) is 9.53 Å². The fraction of sp³-hybridized carbons (Fsp3) is 0.846. The van der Waals surface area contributed by atoms with E-state index in [0.29, 0.717) is 36.5 Å². The van der Waals surface area contributed by atoms with Crippen molar-refractivity contribution in [2.45, 2.75) is 39.0 Å². The van der Waals surface area contributed by atoms with E-state index in [2.05, 4.69) is 12.2 Å². The second-order valence-corrected chi connectivity index (χ2v) is 6.03. The van der Waals surface area contributed by atoms with Crippen molar-refractivity contribution in [2.24, 2.45) is 16.6 Å². The highest BCUT2D eigenvalue weighted by molar-refractivity contribution is 7.80. The minimum atomic E-state index is -0.683. The summed E-state index contributed by atoms with van der Waals surface area (Å²) >= 11 is 5.12. The van der Waals surface area contributed by atoms with Gasteiger partial charge in [-0.15, -0.1) is 0 Å². The maximum absolute atomic E-state index is 12.4. The van der Waals surface area contributed by atoms with Gasteiger partial charge in [-0.2, -0.15) is 0 Å². The van der Waals surface area contributed by atoms with Crippen LogP contribution >= 0.6 is 12.2 Å². The number of thiocarbonyl (C=S) groups is 1. The van der Waals surface area contributed by atoms with Crippen LogP contribution in [-0.4, -0.2) is 30.7 Å². The molecular weight excluding hydrogens is 248 g/mol. The predicted molar refractivity (Wildman–Crippen MR) is 74.2 cm³/mol. The zero-order valence-electron chi connectivity index (χ0n) is 11.0. The highest BCUT2D eigenvalue weighted by atomic mass is 32.1. The van der Waals surface area contributed by atoms with Crippen LogP contribution in [0.25, 0.3) is 0 Å². The molecule has 0 aromatic carbocycles. The quantitative estimate of drug-likeness (QED) is 0.741. The predicted octanol–water partition coefficient (Wildman–Crippen LogP) is 1.38. The molecule has 1 saturated carbocycles. The van der Waals surface area contributed by atoms with Gasteiger partial charge in [0.1, 0.15) is 5.41 Å². The molecule has 2 aliphatic rings. The Bertz CT molecular complexity index is 347. The van der Waals surface area contributed by atoms with Crippen molar-refractivity contribution >= 4 is 23.1 Å². The molecule has 4 nitrogen and oxygen atoms in total. The monoisotopic (exact) mass is 270 g/mol. The van der Waals surface area contributed by atoms with E-state index in [1.807, 2.05) is 0 Å². The smallest absolute Gasteiger partial charge is 0.233 e. The molecule has 1 aliphatic carbocycles. The van der Waals surface area contributed by atoms with Gasteiger partial charge in [0, 0.05) is 19.8 Å². The maximum atomic E-state index is 12.4. The van der Waals surface area contributed by atoms with Gasteiger partial charge < -0.3 is 15.8 Å². The third-order valence-electron chi connectivity index (χ3n) is 4.58. The van der Waals surface area contributed by atoms with E-state index in [4.69, 9.17) is 22.7 Å². The first-order valence-electron chi connectivity index (χ1n) is 6.71. The molecule has 0 aromatic heterocycles. The van der Waals surface area contributed by atoms with E-state index in [1.54, 1.807) is 0 Å². The number of hydrogen-bond acceptors (Lipinski definition) is 3. The van der Waals surface area contributed by atoms with E-state index >= 15 is 0 Å². The van der Waals surface area contributed by atoms with Crippen molar-refractivity contribution in [2.75, 3.05) is 19.8 Å². The van der Waals surface area contributed by atoms with Gasteiger partial charge in [-0.05, 0) is 37.5 Å². The second-order valence-electron chi connectivity index (χ2n) is 5.59. The first-order valence-corrected chi connectivity index (χ1v) is 7.11. The Kier molecular flexibility index (Phi) is 3.92. The molecule has 0 unspecified atom stereocenters. The van der Waals surface area contributed by atoms with Gasteiger partial charge in [0.05, 0.1) is 4.99 Å². The van der Waals surface area contributed by atoms with Crippen molar-refractivity contribution in [1.29, 1.82) is 0 Å². The highest BCUT2D eigenvalue weighted by Crippen LogP contribution is 2.48. The molecule has 1 aliphatic heterocycles. The van der Waals surface area contributed by atoms with Gasteiger partial charge in [0.15, 0.2) is 0 Å². The number of amides is 1. The average Bonchev–Trinajstić information content (AvgIpc) is 3.17. The number of ether oxygens (including phenoxy) is 1. The van der Waals surface area contributed by atoms with Crippen molar-refractivity contribution in [1.82, 2.24) is 5.32 Å². The van der Waals surface area contributed by atoms with Crippen molar-refractivity contribution < 1.29 is 9.53 Å². The Hall–Kier alpha value is -0.680. The lowest BCUT2D eigenvalue weighted by Gasteiger charge is -2.35. The summed E-state index contributed by atoms with van der Waals surface area (Å²) in [5.74, 6) is -0.00183. The van der Waals surface area contributed by atoms with Gasteiger partial charge in [-0.25, -0.2) is 0 Å². The van der Waals surface area contributed by atoms with Crippen LogP contribution in [0.1, 0.15) is 39.0 Å². The molecule has 0 radical (unpaired) electrons. The normalized spacial score (nSPS) is 24.3. The zero-order chi connectivity index (χ0) is 13.2. The van der Waals surface area contributed by atoms with Crippen molar-refractivity contribution in [3.8, 4) is 0 Å². The number of hydrogen-bond donors (Lipinski definition) is 2. The van der Waals surface area contributed by atoms with Gasteiger partial charge in [-0.3, -0.25) is 4.79 Å². The summed E-state index contributed by atoms with van der Waals surface area (Å²) in [4.78, 5) is 12.7. The lowest BCUT2D eigenvalue weighted by atomic mass is 9.79. The summed E-state index contributed by atoms with van der Waals surface area (Å²) in [7, 11) is 0. The van der Waals surface area contributed by atoms with Gasteiger partial charge in [0.25, 0.3) is 0 Å². The number of nitrogens with two attached hydrogens (primary N) is 1. The first-order chi connectivity index (χ1) is 8.55. The molecule has 0 atom stereocenters. The maximum Gasteiger partial charge on any atom is 0.233 e. The van der Waals surface area contributed by atoms with Crippen LogP contribution in [0, 0.1) is 10.8 Å². The SMILES string of the molecule is CCC1(CNC(=O)C2(C(N)=S)CCOCC2)CC1. The summed E-state index contributed by atoms with van der Waals surface area (Å²) in [6.45, 7) is 4.05. The van der Waals surface area contributed by atoms with Crippen LogP contribution in [0.2, 0.25) is 0 Å². The van der Waals surface area contributed by atoms with Crippen LogP contribution in [0.15, 0.2) is 0 Å². The molecule has 0 spiro atoms. The molecule has 5 heteroatoms. The minimum Gasteiger partial charge on any atom is -0.392 e. The summed E-state index contributed by atoms with van der Waals surface area (Å²) < 4.78 is 5.31. The number of rotatable bonds is 5. The third kappa shape index (κ3) is 2.52.